The van der Waals surface area contributed by atoms with E-state index in [9.17, 15) is 14.3 Å². The molecule has 2 rings (SSSR count). The Kier molecular flexibility index (Phi) is 5.09. The standard InChI is InChI=1S/C20H24FNO2/c1-20(2,3)17-11-14(10-15(19(17)24)12-22(4)5)18(23)13-6-8-16(21)9-7-13/h6-11,24H,12H2,1-5H3. The Hall–Kier alpha value is -2.20. The van der Waals surface area contributed by atoms with Gasteiger partial charge in [0.25, 0.3) is 0 Å². The molecule has 0 amide bonds. The Bertz CT molecular complexity index is 743. The van der Waals surface area contributed by atoms with Crippen LogP contribution >= 0.6 is 0 Å². The average Bonchev–Trinajstić information content (AvgIpc) is 2.47. The molecule has 4 heteroatoms. The molecule has 0 fully saturated rings. The van der Waals surface area contributed by atoms with Crippen molar-refractivity contribution in [2.75, 3.05) is 14.1 Å². The van der Waals surface area contributed by atoms with Crippen LogP contribution in [0.1, 0.15) is 47.8 Å². The fourth-order valence-corrected chi connectivity index (χ4v) is 2.63. The highest BCUT2D eigenvalue weighted by Crippen LogP contribution is 2.35. The first kappa shape index (κ1) is 18.1. The number of hydrogen-bond donors (Lipinski definition) is 1. The highest BCUT2D eigenvalue weighted by atomic mass is 19.1. The summed E-state index contributed by atoms with van der Waals surface area (Å²) < 4.78 is 13.1. The molecule has 0 heterocycles. The Morgan fingerprint density at radius 1 is 1.08 bits per heavy atom. The lowest BCUT2D eigenvalue weighted by atomic mass is 9.83. The molecule has 0 saturated carbocycles. The maximum absolute atomic E-state index is 13.1. The minimum Gasteiger partial charge on any atom is -0.507 e. The summed E-state index contributed by atoms with van der Waals surface area (Å²) in [6.07, 6.45) is 0. The summed E-state index contributed by atoms with van der Waals surface area (Å²) >= 11 is 0. The molecule has 0 aliphatic carbocycles. The van der Waals surface area contributed by atoms with Gasteiger partial charge in [-0.3, -0.25) is 4.79 Å². The number of ketones is 1. The van der Waals surface area contributed by atoms with Gasteiger partial charge in [0.05, 0.1) is 0 Å². The van der Waals surface area contributed by atoms with Gasteiger partial charge >= 0.3 is 0 Å². The minimum atomic E-state index is -0.374. The van der Waals surface area contributed by atoms with Crippen LogP contribution in [0.2, 0.25) is 0 Å². The Morgan fingerprint density at radius 2 is 1.67 bits per heavy atom. The number of carbonyl (C=O) groups is 1. The molecule has 3 nitrogen and oxygen atoms in total. The third-order valence-corrected chi connectivity index (χ3v) is 3.85. The monoisotopic (exact) mass is 329 g/mol. The Labute approximate surface area is 142 Å². The van der Waals surface area contributed by atoms with E-state index in [1.807, 2.05) is 39.8 Å². The van der Waals surface area contributed by atoms with Gasteiger partial charge in [-0.1, -0.05) is 20.8 Å². The van der Waals surface area contributed by atoms with Gasteiger partial charge in [0, 0.05) is 28.8 Å². The normalized spacial score (nSPS) is 11.8. The molecule has 0 spiro atoms. The number of rotatable bonds is 4. The lowest BCUT2D eigenvalue weighted by molar-refractivity contribution is 0.103. The summed E-state index contributed by atoms with van der Waals surface area (Å²) in [5, 5.41) is 10.6. The van der Waals surface area contributed by atoms with E-state index in [-0.39, 0.29) is 22.8 Å². The van der Waals surface area contributed by atoms with E-state index in [0.717, 1.165) is 5.56 Å². The molecule has 128 valence electrons. The van der Waals surface area contributed by atoms with Crippen molar-refractivity contribution < 1.29 is 14.3 Å². The molecule has 0 aliphatic heterocycles. The zero-order valence-electron chi connectivity index (χ0n) is 14.9. The molecule has 0 atom stereocenters. The maximum Gasteiger partial charge on any atom is 0.193 e. The van der Waals surface area contributed by atoms with E-state index < -0.39 is 0 Å². The van der Waals surface area contributed by atoms with Crippen molar-refractivity contribution >= 4 is 5.78 Å². The van der Waals surface area contributed by atoms with Crippen molar-refractivity contribution in [1.82, 2.24) is 4.90 Å². The second-order valence-electron chi connectivity index (χ2n) is 7.36. The zero-order chi connectivity index (χ0) is 18.1. The first-order valence-corrected chi connectivity index (χ1v) is 7.91. The predicted octanol–water partition coefficient (Wildman–Crippen LogP) is 4.12. The highest BCUT2D eigenvalue weighted by Gasteiger charge is 2.23. The first-order chi connectivity index (χ1) is 11.1. The molecule has 0 aromatic heterocycles. The largest absolute Gasteiger partial charge is 0.507 e. The number of phenolic OH excluding ortho intramolecular Hbond substituents is 1. The first-order valence-electron chi connectivity index (χ1n) is 7.91. The van der Waals surface area contributed by atoms with Crippen molar-refractivity contribution in [1.29, 1.82) is 0 Å². The van der Waals surface area contributed by atoms with Crippen LogP contribution < -0.4 is 0 Å². The fraction of sp³-hybridized carbons (Fsp3) is 0.350. The summed E-state index contributed by atoms with van der Waals surface area (Å²) in [7, 11) is 3.81. The Balaban J connectivity index is 2.56. The number of benzene rings is 2. The molecule has 0 saturated heterocycles. The van der Waals surface area contributed by atoms with E-state index in [1.165, 1.54) is 24.3 Å². The number of carbonyl (C=O) groups excluding carboxylic acids is 1. The summed E-state index contributed by atoms with van der Waals surface area (Å²) in [6.45, 7) is 6.51. The summed E-state index contributed by atoms with van der Waals surface area (Å²) in [6, 6.07) is 8.97. The maximum atomic E-state index is 13.1. The minimum absolute atomic E-state index is 0.180. The molecule has 0 aliphatic rings. The summed E-state index contributed by atoms with van der Waals surface area (Å²) in [4.78, 5) is 14.7. The van der Waals surface area contributed by atoms with Crippen molar-refractivity contribution in [2.24, 2.45) is 0 Å². The van der Waals surface area contributed by atoms with Crippen LogP contribution in [0.25, 0.3) is 0 Å². The van der Waals surface area contributed by atoms with Crippen LogP contribution in [0.4, 0.5) is 4.39 Å². The van der Waals surface area contributed by atoms with Gasteiger partial charge in [-0.15, -0.1) is 0 Å². The van der Waals surface area contributed by atoms with Gasteiger partial charge in [-0.05, 0) is 55.9 Å². The predicted molar refractivity (Wildman–Crippen MR) is 94.0 cm³/mol. The van der Waals surface area contributed by atoms with Gasteiger partial charge in [-0.2, -0.15) is 0 Å². The lowest BCUT2D eigenvalue weighted by Crippen LogP contribution is -2.17. The van der Waals surface area contributed by atoms with Crippen LogP contribution in [0.3, 0.4) is 0 Å². The summed E-state index contributed by atoms with van der Waals surface area (Å²) in [5.74, 6) is -0.326. The van der Waals surface area contributed by atoms with Crippen molar-refractivity contribution in [3.8, 4) is 5.75 Å². The van der Waals surface area contributed by atoms with Crippen LogP contribution in [-0.4, -0.2) is 29.9 Å². The van der Waals surface area contributed by atoms with Gasteiger partial charge < -0.3 is 10.0 Å². The molecule has 0 bridgehead atoms. The van der Waals surface area contributed by atoms with Crippen LogP contribution in [0.5, 0.6) is 5.75 Å². The number of phenols is 1. The molecule has 2 aromatic rings. The van der Waals surface area contributed by atoms with Crippen molar-refractivity contribution in [3.05, 3.63) is 64.5 Å². The number of halogens is 1. The fourth-order valence-electron chi connectivity index (χ4n) is 2.63. The van der Waals surface area contributed by atoms with Crippen LogP contribution in [0.15, 0.2) is 36.4 Å². The number of aromatic hydroxyl groups is 1. The van der Waals surface area contributed by atoms with Gasteiger partial charge in [0.2, 0.25) is 0 Å². The van der Waals surface area contributed by atoms with Gasteiger partial charge in [0.1, 0.15) is 11.6 Å². The molecule has 2 aromatic carbocycles. The highest BCUT2D eigenvalue weighted by molar-refractivity contribution is 6.09. The third-order valence-electron chi connectivity index (χ3n) is 3.85. The van der Waals surface area contributed by atoms with Crippen LogP contribution in [-0.2, 0) is 12.0 Å². The molecular formula is C20H24FNO2. The number of nitrogens with zero attached hydrogens (tertiary/aromatic N) is 1. The van der Waals surface area contributed by atoms with Crippen molar-refractivity contribution in [3.63, 3.8) is 0 Å². The lowest BCUT2D eigenvalue weighted by Gasteiger charge is -2.24. The van der Waals surface area contributed by atoms with Gasteiger partial charge in [0.15, 0.2) is 5.78 Å². The van der Waals surface area contributed by atoms with Crippen molar-refractivity contribution in [2.45, 2.75) is 32.7 Å². The average molecular weight is 329 g/mol. The number of hydrogen-bond acceptors (Lipinski definition) is 3. The van der Waals surface area contributed by atoms with E-state index in [4.69, 9.17) is 0 Å². The third kappa shape index (κ3) is 4.01. The Morgan fingerprint density at radius 3 is 2.17 bits per heavy atom. The smallest absolute Gasteiger partial charge is 0.193 e. The van der Waals surface area contributed by atoms with E-state index >= 15 is 0 Å². The quantitative estimate of drug-likeness (QED) is 0.858. The molecule has 24 heavy (non-hydrogen) atoms. The summed E-state index contributed by atoms with van der Waals surface area (Å²) in [5.41, 5.74) is 2.06. The zero-order valence-corrected chi connectivity index (χ0v) is 14.9. The SMILES string of the molecule is CN(C)Cc1cc(C(=O)c2ccc(F)cc2)cc(C(C)(C)C)c1O. The molecule has 0 unspecified atom stereocenters. The topological polar surface area (TPSA) is 40.5 Å². The van der Waals surface area contributed by atoms with E-state index in [2.05, 4.69) is 0 Å². The second-order valence-corrected chi connectivity index (χ2v) is 7.36. The second kappa shape index (κ2) is 6.73. The van der Waals surface area contributed by atoms with E-state index in [1.54, 1.807) is 12.1 Å². The molecular weight excluding hydrogens is 305 g/mol. The van der Waals surface area contributed by atoms with Crippen LogP contribution in [0, 0.1) is 5.82 Å². The molecule has 1 N–H and O–H groups in total. The van der Waals surface area contributed by atoms with Gasteiger partial charge in [-0.25, -0.2) is 4.39 Å². The van der Waals surface area contributed by atoms with E-state index in [0.29, 0.717) is 23.2 Å². The molecule has 0 radical (unpaired) electrons.